The lowest BCUT2D eigenvalue weighted by Crippen LogP contribution is -2.43. The minimum Gasteiger partial charge on any atom is -0.481 e. The summed E-state index contributed by atoms with van der Waals surface area (Å²) in [6.45, 7) is 1.44. The molecule has 1 unspecified atom stereocenters. The molecule has 132 valence electrons. The second kappa shape index (κ2) is 5.83. The summed E-state index contributed by atoms with van der Waals surface area (Å²) < 4.78 is 34.4. The Morgan fingerprint density at radius 3 is 2.68 bits per heavy atom. The fourth-order valence-corrected chi connectivity index (χ4v) is 3.03. The highest BCUT2D eigenvalue weighted by atomic mass is 19.2. The van der Waals surface area contributed by atoms with Crippen LogP contribution in [0.5, 0.6) is 0 Å². The molecule has 1 N–H and O–H groups in total. The number of pyridine rings is 1. The van der Waals surface area contributed by atoms with Gasteiger partial charge in [-0.25, -0.2) is 13.6 Å². The summed E-state index contributed by atoms with van der Waals surface area (Å²) in [5, 5.41) is 10.5. The molecule has 25 heavy (non-hydrogen) atoms. The predicted octanol–water partition coefficient (Wildman–Crippen LogP) is 1.21. The number of halogens is 2. The molecule has 0 saturated carbocycles. The number of aromatic nitrogens is 1. The van der Waals surface area contributed by atoms with E-state index in [4.69, 9.17) is 4.74 Å². The molecule has 1 aromatic carbocycles. The van der Waals surface area contributed by atoms with E-state index in [2.05, 4.69) is 0 Å². The largest absolute Gasteiger partial charge is 0.481 e. The number of rotatable bonds is 3. The minimum atomic E-state index is -1.35. The molecule has 1 atom stereocenters. The maximum Gasteiger partial charge on any atom is 0.343 e. The van der Waals surface area contributed by atoms with Gasteiger partial charge in [-0.1, -0.05) is 0 Å². The van der Waals surface area contributed by atoms with Gasteiger partial charge >= 0.3 is 11.9 Å². The number of aliphatic carboxylic acids is 1. The highest BCUT2D eigenvalue weighted by Crippen LogP contribution is 2.33. The van der Waals surface area contributed by atoms with Crippen molar-refractivity contribution in [1.82, 2.24) is 4.68 Å². The zero-order chi connectivity index (χ0) is 18.5. The first-order valence-corrected chi connectivity index (χ1v) is 7.46. The van der Waals surface area contributed by atoms with E-state index in [1.165, 1.54) is 16.7 Å². The molecule has 3 rings (SSSR count). The molecule has 0 spiro atoms. The number of benzene rings is 1. The van der Waals surface area contributed by atoms with E-state index in [0.29, 0.717) is 6.07 Å². The molecule has 1 aliphatic heterocycles. The summed E-state index contributed by atoms with van der Waals surface area (Å²) in [6.07, 6.45) is 1.15. The highest BCUT2D eigenvalue weighted by Gasteiger charge is 2.35. The fraction of sp³-hybridized carbons (Fsp3) is 0.312. The number of esters is 1. The van der Waals surface area contributed by atoms with Crippen molar-refractivity contribution in [2.45, 2.75) is 12.8 Å². The Morgan fingerprint density at radius 2 is 2.08 bits per heavy atom. The van der Waals surface area contributed by atoms with E-state index < -0.39 is 40.5 Å². The summed E-state index contributed by atoms with van der Waals surface area (Å²) in [7, 11) is 1.51. The smallest absolute Gasteiger partial charge is 0.343 e. The number of likely N-dealkylation sites (N-methyl/N-ethyl adjacent to an activating group) is 1. The topological polar surface area (TPSA) is 88.8 Å². The molecule has 1 aliphatic rings. The number of ether oxygens (including phenoxy) is 1. The van der Waals surface area contributed by atoms with Crippen LogP contribution in [0.15, 0.2) is 17.1 Å². The van der Waals surface area contributed by atoms with Crippen LogP contribution in [0, 0.1) is 11.6 Å². The van der Waals surface area contributed by atoms with Gasteiger partial charge in [0.05, 0.1) is 24.1 Å². The first-order chi connectivity index (χ1) is 11.8. The number of carbonyl (C=O) groups is 2. The van der Waals surface area contributed by atoms with Gasteiger partial charge in [0.25, 0.3) is 0 Å². The predicted molar refractivity (Wildman–Crippen MR) is 83.5 cm³/mol. The molecular weight excluding hydrogens is 338 g/mol. The van der Waals surface area contributed by atoms with Crippen molar-refractivity contribution in [3.05, 3.63) is 45.2 Å². The van der Waals surface area contributed by atoms with Crippen LogP contribution in [0.3, 0.4) is 0 Å². The SMILES string of the molecule is CCOC(=O)c1cn2c3c(c(F)c(F)cc3c1=O)C(C(=O)O)CN2C. The van der Waals surface area contributed by atoms with E-state index in [-0.39, 0.29) is 29.6 Å². The van der Waals surface area contributed by atoms with Crippen LogP contribution in [0.2, 0.25) is 0 Å². The number of hydrogen-bond donors (Lipinski definition) is 1. The number of carboxylic acid groups (broad SMARTS) is 1. The maximum absolute atomic E-state index is 14.3. The maximum atomic E-state index is 14.3. The molecular formula is C16H14F2N2O5. The Labute approximate surface area is 140 Å². The van der Waals surface area contributed by atoms with Crippen LogP contribution < -0.4 is 10.4 Å². The lowest BCUT2D eigenvalue weighted by atomic mass is 9.93. The second-order valence-electron chi connectivity index (χ2n) is 5.65. The average molecular weight is 352 g/mol. The Balaban J connectivity index is 2.46. The fourth-order valence-electron chi connectivity index (χ4n) is 3.03. The number of nitrogens with zero attached hydrogens (tertiary/aromatic N) is 2. The van der Waals surface area contributed by atoms with Crippen LogP contribution in [-0.4, -0.2) is 41.9 Å². The van der Waals surface area contributed by atoms with Crippen LogP contribution in [-0.2, 0) is 9.53 Å². The van der Waals surface area contributed by atoms with Gasteiger partial charge in [-0.2, -0.15) is 0 Å². The molecule has 9 heteroatoms. The van der Waals surface area contributed by atoms with Crippen molar-refractivity contribution >= 4 is 22.8 Å². The third kappa shape index (κ3) is 2.43. The lowest BCUT2D eigenvalue weighted by Gasteiger charge is -2.34. The Morgan fingerprint density at radius 1 is 1.40 bits per heavy atom. The molecule has 0 saturated heterocycles. The van der Waals surface area contributed by atoms with Crippen molar-refractivity contribution in [3.63, 3.8) is 0 Å². The summed E-state index contributed by atoms with van der Waals surface area (Å²) in [4.78, 5) is 36.0. The lowest BCUT2D eigenvalue weighted by molar-refractivity contribution is -0.138. The van der Waals surface area contributed by atoms with E-state index >= 15 is 0 Å². The first-order valence-electron chi connectivity index (χ1n) is 7.46. The average Bonchev–Trinajstić information content (AvgIpc) is 2.55. The summed E-state index contributed by atoms with van der Waals surface area (Å²) in [5.41, 5.74) is -1.66. The third-order valence-corrected chi connectivity index (χ3v) is 4.15. The van der Waals surface area contributed by atoms with Crippen molar-refractivity contribution in [3.8, 4) is 0 Å². The zero-order valence-electron chi connectivity index (χ0n) is 13.4. The van der Waals surface area contributed by atoms with Crippen molar-refractivity contribution in [2.75, 3.05) is 25.2 Å². The van der Waals surface area contributed by atoms with E-state index in [1.807, 2.05) is 0 Å². The van der Waals surface area contributed by atoms with Crippen molar-refractivity contribution < 1.29 is 28.2 Å². The van der Waals surface area contributed by atoms with Gasteiger partial charge in [0.15, 0.2) is 11.6 Å². The van der Waals surface area contributed by atoms with Gasteiger partial charge in [0.1, 0.15) is 11.5 Å². The zero-order valence-corrected chi connectivity index (χ0v) is 13.4. The number of carbonyl (C=O) groups excluding carboxylic acids is 1. The van der Waals surface area contributed by atoms with Crippen LogP contribution >= 0.6 is 0 Å². The van der Waals surface area contributed by atoms with Gasteiger partial charge in [-0.3, -0.25) is 14.3 Å². The quantitative estimate of drug-likeness (QED) is 0.836. The highest BCUT2D eigenvalue weighted by molar-refractivity contribution is 5.96. The molecule has 7 nitrogen and oxygen atoms in total. The summed E-state index contributed by atoms with van der Waals surface area (Å²) >= 11 is 0. The molecule has 2 aromatic rings. The molecule has 0 amide bonds. The molecule has 1 aromatic heterocycles. The standard InChI is InChI=1S/C16H14F2N2O5/c1-3-25-16(24)9-6-20-13-7(14(9)21)4-10(17)12(18)11(13)8(15(22)23)5-19(20)2/h4,6,8H,3,5H2,1-2H3,(H,22,23). The number of hydrogen-bond acceptors (Lipinski definition) is 5. The van der Waals surface area contributed by atoms with Gasteiger partial charge in [0.2, 0.25) is 5.43 Å². The normalized spacial score (nSPS) is 16.2. The first kappa shape index (κ1) is 16.9. The van der Waals surface area contributed by atoms with Crippen molar-refractivity contribution in [2.24, 2.45) is 0 Å². The van der Waals surface area contributed by atoms with E-state index in [0.717, 1.165) is 6.20 Å². The van der Waals surface area contributed by atoms with Crippen LogP contribution in [0.4, 0.5) is 8.78 Å². The Bertz CT molecular complexity index is 969. The molecule has 2 heterocycles. The summed E-state index contributed by atoms with van der Waals surface area (Å²) in [6, 6.07) is 0.674. The van der Waals surface area contributed by atoms with Gasteiger partial charge in [-0.05, 0) is 13.0 Å². The molecule has 0 radical (unpaired) electrons. The summed E-state index contributed by atoms with van der Waals surface area (Å²) in [5.74, 6) is -6.24. The second-order valence-corrected chi connectivity index (χ2v) is 5.65. The van der Waals surface area contributed by atoms with E-state index in [1.54, 1.807) is 6.92 Å². The molecule has 0 fully saturated rings. The van der Waals surface area contributed by atoms with Gasteiger partial charge in [0, 0.05) is 18.8 Å². The van der Waals surface area contributed by atoms with Gasteiger partial charge < -0.3 is 14.9 Å². The minimum absolute atomic E-state index is 0.0380. The Hall–Kier alpha value is -2.97. The van der Waals surface area contributed by atoms with Crippen LogP contribution in [0.25, 0.3) is 10.9 Å². The van der Waals surface area contributed by atoms with Crippen LogP contribution in [0.1, 0.15) is 28.8 Å². The molecule has 0 bridgehead atoms. The monoisotopic (exact) mass is 352 g/mol. The molecule has 0 aliphatic carbocycles. The third-order valence-electron chi connectivity index (χ3n) is 4.15. The van der Waals surface area contributed by atoms with Crippen molar-refractivity contribution in [1.29, 1.82) is 0 Å². The van der Waals surface area contributed by atoms with E-state index in [9.17, 15) is 28.3 Å². The Kier molecular flexibility index (Phi) is 3.94. The number of carboxylic acids is 1. The van der Waals surface area contributed by atoms with Gasteiger partial charge in [-0.15, -0.1) is 0 Å².